The molecule has 0 spiro atoms. The molecule has 1 fully saturated rings. The predicted molar refractivity (Wildman–Crippen MR) is 60.6 cm³/mol. The van der Waals surface area contributed by atoms with E-state index >= 15 is 0 Å². The van der Waals surface area contributed by atoms with E-state index in [0.29, 0.717) is 19.3 Å². The van der Waals surface area contributed by atoms with Crippen LogP contribution in [-0.4, -0.2) is 42.6 Å². The molecule has 6 nitrogen and oxygen atoms in total. The minimum absolute atomic E-state index is 0.0137. The lowest BCUT2D eigenvalue weighted by molar-refractivity contribution is -0.148. The van der Waals surface area contributed by atoms with Crippen LogP contribution in [0, 0.1) is 16.7 Å². The normalized spacial score (nSPS) is 25.6. The average Bonchev–Trinajstić information content (AvgIpc) is 2.64. The minimum atomic E-state index is -3.62. The van der Waals surface area contributed by atoms with Gasteiger partial charge in [-0.2, -0.15) is 9.57 Å². The number of aliphatic carboxylic acids is 1. The van der Waals surface area contributed by atoms with E-state index < -0.39 is 27.2 Å². The molecule has 0 aliphatic carbocycles. The third kappa shape index (κ3) is 2.76. The molecule has 0 aromatic heterocycles. The molecule has 1 unspecified atom stereocenters. The highest BCUT2D eigenvalue weighted by molar-refractivity contribution is 7.89. The molecule has 96 valence electrons. The van der Waals surface area contributed by atoms with Crippen molar-refractivity contribution >= 4 is 16.0 Å². The Hall–Kier alpha value is -1.13. The molecule has 0 aromatic rings. The third-order valence-electron chi connectivity index (χ3n) is 3.14. The van der Waals surface area contributed by atoms with Gasteiger partial charge in [0.1, 0.15) is 0 Å². The lowest BCUT2D eigenvalue weighted by Crippen LogP contribution is -2.37. The summed E-state index contributed by atoms with van der Waals surface area (Å²) < 4.78 is 24.4. The van der Waals surface area contributed by atoms with Crippen molar-refractivity contribution in [2.24, 2.45) is 5.41 Å². The fraction of sp³-hybridized carbons (Fsp3) is 0.800. The molecule has 1 heterocycles. The Morgan fingerprint density at radius 3 is 2.71 bits per heavy atom. The fourth-order valence-corrected chi connectivity index (χ4v) is 3.37. The van der Waals surface area contributed by atoms with Gasteiger partial charge in [-0.05, 0) is 12.8 Å². The zero-order chi connectivity index (χ0) is 13.1. The van der Waals surface area contributed by atoms with Crippen molar-refractivity contribution in [1.82, 2.24) is 4.31 Å². The Bertz CT molecular complexity index is 440. The van der Waals surface area contributed by atoms with Gasteiger partial charge in [-0.1, -0.05) is 13.3 Å². The summed E-state index contributed by atoms with van der Waals surface area (Å²) in [5, 5.41) is 17.7. The van der Waals surface area contributed by atoms with E-state index in [9.17, 15) is 18.3 Å². The van der Waals surface area contributed by atoms with Crippen LogP contribution in [0.2, 0.25) is 0 Å². The van der Waals surface area contributed by atoms with Crippen molar-refractivity contribution in [2.45, 2.75) is 26.2 Å². The molecule has 1 rings (SSSR count). The largest absolute Gasteiger partial charge is 0.481 e. The number of carboxylic acid groups (broad SMARTS) is 1. The highest BCUT2D eigenvalue weighted by Gasteiger charge is 2.47. The summed E-state index contributed by atoms with van der Waals surface area (Å²) in [6, 6.07) is 1.60. The van der Waals surface area contributed by atoms with Crippen LogP contribution < -0.4 is 0 Å². The maximum absolute atomic E-state index is 11.7. The second kappa shape index (κ2) is 5.02. The number of hydrogen-bond acceptors (Lipinski definition) is 4. The first-order valence-electron chi connectivity index (χ1n) is 5.46. The molecule has 0 aromatic carbocycles. The number of rotatable bonds is 5. The van der Waals surface area contributed by atoms with Crippen LogP contribution in [0.3, 0.4) is 0 Å². The average molecular weight is 260 g/mol. The Kier molecular flexibility index (Phi) is 4.11. The summed E-state index contributed by atoms with van der Waals surface area (Å²) in [5.74, 6) is -1.54. The summed E-state index contributed by atoms with van der Waals surface area (Å²) in [7, 11) is -3.62. The van der Waals surface area contributed by atoms with Gasteiger partial charge in [0, 0.05) is 13.1 Å². The number of sulfonamides is 1. The van der Waals surface area contributed by atoms with Gasteiger partial charge in [0.2, 0.25) is 10.0 Å². The highest BCUT2D eigenvalue weighted by Crippen LogP contribution is 2.36. The molecule has 0 amide bonds. The van der Waals surface area contributed by atoms with Crippen LogP contribution in [0.25, 0.3) is 0 Å². The van der Waals surface area contributed by atoms with Crippen molar-refractivity contribution in [2.75, 3.05) is 18.8 Å². The zero-order valence-electron chi connectivity index (χ0n) is 9.72. The topological polar surface area (TPSA) is 98.5 Å². The molecule has 1 saturated heterocycles. The van der Waals surface area contributed by atoms with Gasteiger partial charge >= 0.3 is 5.97 Å². The summed E-state index contributed by atoms with van der Waals surface area (Å²) in [4.78, 5) is 11.3. The zero-order valence-corrected chi connectivity index (χ0v) is 10.5. The molecule has 0 bridgehead atoms. The lowest BCUT2D eigenvalue weighted by atomic mass is 9.83. The van der Waals surface area contributed by atoms with Crippen LogP contribution >= 0.6 is 0 Å². The molecular weight excluding hydrogens is 244 g/mol. The van der Waals surface area contributed by atoms with Crippen LogP contribution in [-0.2, 0) is 14.8 Å². The van der Waals surface area contributed by atoms with E-state index in [-0.39, 0.29) is 13.1 Å². The van der Waals surface area contributed by atoms with E-state index in [2.05, 4.69) is 0 Å². The van der Waals surface area contributed by atoms with Crippen LogP contribution in [0.5, 0.6) is 0 Å². The summed E-state index contributed by atoms with van der Waals surface area (Å²) in [5.41, 5.74) is -0.975. The van der Waals surface area contributed by atoms with Crippen LogP contribution in [0.15, 0.2) is 0 Å². The minimum Gasteiger partial charge on any atom is -0.481 e. The maximum Gasteiger partial charge on any atom is 0.311 e. The Balaban J connectivity index is 2.88. The molecule has 0 saturated carbocycles. The Morgan fingerprint density at radius 1 is 1.59 bits per heavy atom. The monoisotopic (exact) mass is 260 g/mol. The third-order valence-corrected chi connectivity index (χ3v) is 4.73. The number of hydrogen-bond donors (Lipinski definition) is 1. The lowest BCUT2D eigenvalue weighted by Gasteiger charge is -2.23. The molecule has 1 atom stereocenters. The molecule has 7 heteroatoms. The van der Waals surface area contributed by atoms with Gasteiger partial charge < -0.3 is 5.11 Å². The van der Waals surface area contributed by atoms with Crippen molar-refractivity contribution in [3.05, 3.63) is 0 Å². The van der Waals surface area contributed by atoms with Crippen molar-refractivity contribution in [3.8, 4) is 6.07 Å². The Labute approximate surface area is 101 Å². The van der Waals surface area contributed by atoms with E-state index in [4.69, 9.17) is 5.26 Å². The quantitative estimate of drug-likeness (QED) is 0.772. The number of carbonyl (C=O) groups is 1. The SMILES string of the molecule is CCCC1(C(=O)O)CCN(S(=O)(=O)CC#N)C1. The van der Waals surface area contributed by atoms with E-state index in [1.54, 1.807) is 6.07 Å². The van der Waals surface area contributed by atoms with Gasteiger partial charge in [-0.3, -0.25) is 4.79 Å². The number of carboxylic acids is 1. The fourth-order valence-electron chi connectivity index (χ4n) is 2.21. The first-order valence-corrected chi connectivity index (χ1v) is 7.07. The standard InChI is InChI=1S/C10H16N2O4S/c1-2-3-10(9(13)14)4-6-12(8-10)17(15,16)7-5-11/h2-4,6-8H2,1H3,(H,13,14). The first kappa shape index (κ1) is 13.9. The molecule has 1 aliphatic rings. The van der Waals surface area contributed by atoms with Gasteiger partial charge in [0.05, 0.1) is 11.5 Å². The summed E-state index contributed by atoms with van der Waals surface area (Å²) >= 11 is 0. The molecule has 0 radical (unpaired) electrons. The number of nitrogens with zero attached hydrogens (tertiary/aromatic N) is 2. The van der Waals surface area contributed by atoms with E-state index in [1.807, 2.05) is 6.92 Å². The van der Waals surface area contributed by atoms with Gasteiger partial charge in [-0.15, -0.1) is 0 Å². The predicted octanol–water partition coefficient (Wildman–Crippen LogP) is 0.417. The van der Waals surface area contributed by atoms with Crippen LogP contribution in [0.1, 0.15) is 26.2 Å². The second-order valence-corrected chi connectivity index (χ2v) is 6.30. The molecule has 1 N–H and O–H groups in total. The Morgan fingerprint density at radius 2 is 2.24 bits per heavy atom. The van der Waals surface area contributed by atoms with Crippen molar-refractivity contribution in [1.29, 1.82) is 5.26 Å². The molecule has 1 aliphatic heterocycles. The van der Waals surface area contributed by atoms with Gasteiger partial charge in [0.25, 0.3) is 0 Å². The van der Waals surface area contributed by atoms with Crippen molar-refractivity contribution in [3.63, 3.8) is 0 Å². The number of nitriles is 1. The van der Waals surface area contributed by atoms with E-state index in [1.165, 1.54) is 0 Å². The summed E-state index contributed by atoms with van der Waals surface area (Å²) in [6.45, 7) is 2.05. The summed E-state index contributed by atoms with van der Waals surface area (Å²) in [6.07, 6.45) is 1.47. The van der Waals surface area contributed by atoms with E-state index in [0.717, 1.165) is 4.31 Å². The molecule has 17 heavy (non-hydrogen) atoms. The molecular formula is C10H16N2O4S. The van der Waals surface area contributed by atoms with Crippen molar-refractivity contribution < 1.29 is 18.3 Å². The van der Waals surface area contributed by atoms with Gasteiger partial charge in [0.15, 0.2) is 5.75 Å². The van der Waals surface area contributed by atoms with Crippen LogP contribution in [0.4, 0.5) is 0 Å². The second-order valence-electron chi connectivity index (χ2n) is 4.33. The van der Waals surface area contributed by atoms with Gasteiger partial charge in [-0.25, -0.2) is 8.42 Å². The highest BCUT2D eigenvalue weighted by atomic mass is 32.2. The first-order chi connectivity index (χ1) is 7.88. The smallest absolute Gasteiger partial charge is 0.311 e. The maximum atomic E-state index is 11.7.